The van der Waals surface area contributed by atoms with Crippen molar-refractivity contribution in [3.05, 3.63) is 0 Å². The van der Waals surface area contributed by atoms with Crippen LogP contribution >= 0.6 is 0 Å². The van der Waals surface area contributed by atoms with Crippen molar-refractivity contribution < 1.29 is 18.0 Å². The molecule has 3 nitrogen and oxygen atoms in total. The van der Waals surface area contributed by atoms with E-state index in [4.69, 9.17) is 5.73 Å². The van der Waals surface area contributed by atoms with Crippen LogP contribution < -0.4 is 5.73 Å². The minimum Gasteiger partial charge on any atom is -0.334 e. The lowest BCUT2D eigenvalue weighted by atomic mass is 9.76. The van der Waals surface area contributed by atoms with Crippen molar-refractivity contribution in [3.8, 4) is 0 Å². The van der Waals surface area contributed by atoms with Crippen molar-refractivity contribution in [1.29, 1.82) is 0 Å². The van der Waals surface area contributed by atoms with Gasteiger partial charge in [-0.25, -0.2) is 0 Å². The van der Waals surface area contributed by atoms with E-state index in [0.717, 1.165) is 11.3 Å². The van der Waals surface area contributed by atoms with Crippen molar-refractivity contribution >= 4 is 5.91 Å². The molecular weight excluding hydrogens is 281 g/mol. The van der Waals surface area contributed by atoms with Gasteiger partial charge in [0.25, 0.3) is 0 Å². The Morgan fingerprint density at radius 2 is 1.76 bits per heavy atom. The molecule has 0 aromatic carbocycles. The second-order valence-electron chi connectivity index (χ2n) is 6.61. The lowest BCUT2D eigenvalue weighted by molar-refractivity contribution is -0.161. The molecule has 0 saturated heterocycles. The summed E-state index contributed by atoms with van der Waals surface area (Å²) in [4.78, 5) is 13.0. The first-order valence-electron chi connectivity index (χ1n) is 7.55. The number of hydrogen-bond acceptors (Lipinski definition) is 2. The van der Waals surface area contributed by atoms with Gasteiger partial charge in [-0.05, 0) is 37.1 Å². The van der Waals surface area contributed by atoms with E-state index < -0.39 is 18.6 Å². The Bertz CT molecular complexity index is 311. The zero-order chi connectivity index (χ0) is 16.7. The van der Waals surface area contributed by atoms with Crippen LogP contribution in [0.3, 0.4) is 0 Å². The highest BCUT2D eigenvalue weighted by Crippen LogP contribution is 2.32. The molecule has 1 atom stereocenters. The Balaban J connectivity index is 4.60. The number of hydrogen-bond donors (Lipinski definition) is 1. The van der Waals surface area contributed by atoms with Crippen LogP contribution in [0.4, 0.5) is 13.2 Å². The second kappa shape index (κ2) is 8.61. The van der Waals surface area contributed by atoms with E-state index in [1.807, 2.05) is 0 Å². The molecule has 126 valence electrons. The van der Waals surface area contributed by atoms with Gasteiger partial charge in [0.2, 0.25) is 5.91 Å². The topological polar surface area (TPSA) is 46.3 Å². The lowest BCUT2D eigenvalue weighted by Crippen LogP contribution is -2.39. The molecule has 0 fully saturated rings. The van der Waals surface area contributed by atoms with Crippen LogP contribution in [0.25, 0.3) is 0 Å². The van der Waals surface area contributed by atoms with Crippen molar-refractivity contribution in [1.82, 2.24) is 4.90 Å². The molecule has 0 aliphatic carbocycles. The maximum Gasteiger partial charge on any atom is 0.406 e. The van der Waals surface area contributed by atoms with Gasteiger partial charge in [0.15, 0.2) is 0 Å². The fourth-order valence-corrected chi connectivity index (χ4v) is 2.45. The Labute approximate surface area is 126 Å². The van der Waals surface area contributed by atoms with E-state index in [2.05, 4.69) is 20.8 Å². The number of halogens is 3. The first-order valence-corrected chi connectivity index (χ1v) is 7.55. The maximum absolute atomic E-state index is 12.5. The van der Waals surface area contributed by atoms with Crippen LogP contribution in [0.2, 0.25) is 0 Å². The third-order valence-corrected chi connectivity index (χ3v) is 3.66. The molecular formula is C15H29F3N2O. The SMILES string of the molecule is CCCN(CC(F)(F)F)C(=O)CCC(CCN)C(C)(C)C. The third-order valence-electron chi connectivity index (χ3n) is 3.66. The number of alkyl halides is 3. The highest BCUT2D eigenvalue weighted by molar-refractivity contribution is 5.76. The van der Waals surface area contributed by atoms with E-state index in [-0.39, 0.29) is 24.3 Å². The molecule has 2 N–H and O–H groups in total. The fourth-order valence-electron chi connectivity index (χ4n) is 2.45. The van der Waals surface area contributed by atoms with Crippen LogP contribution in [-0.4, -0.2) is 36.6 Å². The van der Waals surface area contributed by atoms with Crippen LogP contribution in [0, 0.1) is 11.3 Å². The molecule has 1 amide bonds. The van der Waals surface area contributed by atoms with Crippen LogP contribution in [0.1, 0.15) is 53.4 Å². The summed E-state index contributed by atoms with van der Waals surface area (Å²) in [5.74, 6) is -0.179. The first kappa shape index (κ1) is 20.2. The van der Waals surface area contributed by atoms with Crippen molar-refractivity contribution in [2.45, 2.75) is 59.6 Å². The minimum atomic E-state index is -4.34. The molecule has 0 spiro atoms. The normalized spacial score (nSPS) is 14.1. The van der Waals surface area contributed by atoms with Crippen LogP contribution in [0.15, 0.2) is 0 Å². The molecule has 0 rings (SSSR count). The van der Waals surface area contributed by atoms with Crippen molar-refractivity contribution in [2.75, 3.05) is 19.6 Å². The predicted molar refractivity (Wildman–Crippen MR) is 78.8 cm³/mol. The second-order valence-corrected chi connectivity index (χ2v) is 6.61. The van der Waals surface area contributed by atoms with Gasteiger partial charge >= 0.3 is 6.18 Å². The minimum absolute atomic E-state index is 0.000731. The standard InChI is InChI=1S/C15H29F3N2O/c1-5-10-20(11-15(16,17)18)13(21)7-6-12(8-9-19)14(2,3)4/h12H,5-11,19H2,1-4H3. The highest BCUT2D eigenvalue weighted by Gasteiger charge is 2.33. The molecule has 0 aromatic rings. The molecule has 1 unspecified atom stereocenters. The highest BCUT2D eigenvalue weighted by atomic mass is 19.4. The molecule has 21 heavy (non-hydrogen) atoms. The summed E-state index contributed by atoms with van der Waals surface area (Å²) >= 11 is 0. The summed E-state index contributed by atoms with van der Waals surface area (Å²) in [5.41, 5.74) is 5.58. The Morgan fingerprint density at radius 1 is 1.19 bits per heavy atom. The summed E-state index contributed by atoms with van der Waals surface area (Å²) in [6.45, 7) is 7.48. The van der Waals surface area contributed by atoms with E-state index in [0.29, 0.717) is 19.4 Å². The lowest BCUT2D eigenvalue weighted by Gasteiger charge is -2.31. The van der Waals surface area contributed by atoms with Gasteiger partial charge in [-0.3, -0.25) is 4.79 Å². The summed E-state index contributed by atoms with van der Waals surface area (Å²) in [7, 11) is 0. The molecule has 0 bridgehead atoms. The largest absolute Gasteiger partial charge is 0.406 e. The molecule has 0 heterocycles. The molecule has 0 aliphatic rings. The maximum atomic E-state index is 12.5. The van der Waals surface area contributed by atoms with E-state index in [9.17, 15) is 18.0 Å². The summed E-state index contributed by atoms with van der Waals surface area (Å²) in [5, 5.41) is 0. The molecule has 0 saturated carbocycles. The van der Waals surface area contributed by atoms with Gasteiger partial charge in [-0.15, -0.1) is 0 Å². The quantitative estimate of drug-likeness (QED) is 0.745. The Hall–Kier alpha value is -0.780. The van der Waals surface area contributed by atoms with Crippen molar-refractivity contribution in [3.63, 3.8) is 0 Å². The van der Waals surface area contributed by atoms with Gasteiger partial charge < -0.3 is 10.6 Å². The number of rotatable bonds is 8. The smallest absolute Gasteiger partial charge is 0.334 e. The summed E-state index contributed by atoms with van der Waals surface area (Å²) in [6.07, 6.45) is -2.31. The first-order chi connectivity index (χ1) is 9.51. The van der Waals surface area contributed by atoms with Crippen LogP contribution in [-0.2, 0) is 4.79 Å². The predicted octanol–water partition coefficient (Wildman–Crippen LogP) is 3.58. The van der Waals surface area contributed by atoms with Gasteiger partial charge in [-0.1, -0.05) is 27.7 Å². The van der Waals surface area contributed by atoms with Crippen LogP contribution in [0.5, 0.6) is 0 Å². The third kappa shape index (κ3) is 8.96. The van der Waals surface area contributed by atoms with Crippen molar-refractivity contribution in [2.24, 2.45) is 17.1 Å². The van der Waals surface area contributed by atoms with Gasteiger partial charge in [0.1, 0.15) is 6.54 Å². The van der Waals surface area contributed by atoms with E-state index in [1.165, 1.54) is 0 Å². The van der Waals surface area contributed by atoms with Gasteiger partial charge in [0.05, 0.1) is 0 Å². The monoisotopic (exact) mass is 310 g/mol. The average Bonchev–Trinajstić information content (AvgIpc) is 2.30. The average molecular weight is 310 g/mol. The number of carbonyl (C=O) groups is 1. The number of amides is 1. The Kier molecular flexibility index (Phi) is 8.29. The molecule has 0 aromatic heterocycles. The molecule has 0 radical (unpaired) electrons. The zero-order valence-electron chi connectivity index (χ0n) is 13.6. The number of nitrogens with two attached hydrogens (primary N) is 1. The fraction of sp³-hybridized carbons (Fsp3) is 0.933. The number of nitrogens with zero attached hydrogens (tertiary/aromatic N) is 1. The molecule has 0 aliphatic heterocycles. The number of carbonyl (C=O) groups excluding carboxylic acids is 1. The summed E-state index contributed by atoms with van der Waals surface area (Å²) in [6, 6.07) is 0. The van der Waals surface area contributed by atoms with Gasteiger partial charge in [0, 0.05) is 13.0 Å². The summed E-state index contributed by atoms with van der Waals surface area (Å²) < 4.78 is 37.5. The zero-order valence-corrected chi connectivity index (χ0v) is 13.6. The molecule has 6 heteroatoms. The van der Waals surface area contributed by atoms with E-state index in [1.54, 1.807) is 6.92 Å². The Morgan fingerprint density at radius 3 is 2.14 bits per heavy atom. The van der Waals surface area contributed by atoms with E-state index >= 15 is 0 Å². The van der Waals surface area contributed by atoms with Gasteiger partial charge in [-0.2, -0.15) is 13.2 Å².